The van der Waals surface area contributed by atoms with Gasteiger partial charge < -0.3 is 4.74 Å². The molecule has 0 spiro atoms. The second-order valence-electron chi connectivity index (χ2n) is 6.89. The summed E-state index contributed by atoms with van der Waals surface area (Å²) >= 11 is 0. The molecule has 1 aromatic carbocycles. The van der Waals surface area contributed by atoms with E-state index in [1.807, 2.05) is 39.8 Å². The Morgan fingerprint density at radius 2 is 1.80 bits per heavy atom. The van der Waals surface area contributed by atoms with Crippen LogP contribution in [-0.4, -0.2) is 28.2 Å². The fourth-order valence-electron chi connectivity index (χ4n) is 2.06. The number of amides is 2. The number of aryl methyl sites for hydroxylation is 2. The summed E-state index contributed by atoms with van der Waals surface area (Å²) in [5.74, 6) is -0.296. The van der Waals surface area contributed by atoms with Crippen LogP contribution in [0.1, 0.15) is 42.5 Å². The first-order chi connectivity index (χ1) is 11.7. The molecule has 0 aliphatic rings. The highest BCUT2D eigenvalue weighted by atomic mass is 16.5. The van der Waals surface area contributed by atoms with E-state index in [4.69, 9.17) is 4.74 Å². The minimum Gasteiger partial charge on any atom is -0.484 e. The molecule has 0 atom stereocenters. The molecule has 2 amide bonds. The van der Waals surface area contributed by atoms with Crippen LogP contribution in [0.15, 0.2) is 30.3 Å². The Balaban J connectivity index is 1.86. The van der Waals surface area contributed by atoms with Crippen LogP contribution in [-0.2, 0) is 17.3 Å². The van der Waals surface area contributed by atoms with Crippen molar-refractivity contribution in [3.05, 3.63) is 47.3 Å². The molecule has 0 saturated heterocycles. The summed E-state index contributed by atoms with van der Waals surface area (Å²) in [5.41, 5.74) is 6.81. The Morgan fingerprint density at radius 1 is 1.16 bits per heavy atom. The van der Waals surface area contributed by atoms with Gasteiger partial charge in [0.1, 0.15) is 11.4 Å². The Labute approximate surface area is 147 Å². The van der Waals surface area contributed by atoms with Crippen molar-refractivity contribution in [3.63, 3.8) is 0 Å². The molecule has 0 radical (unpaired) electrons. The highest BCUT2D eigenvalue weighted by Crippen LogP contribution is 2.21. The smallest absolute Gasteiger partial charge is 0.287 e. The van der Waals surface area contributed by atoms with E-state index in [-0.39, 0.29) is 12.0 Å². The second-order valence-corrected chi connectivity index (χ2v) is 6.89. The van der Waals surface area contributed by atoms with Crippen molar-refractivity contribution in [2.45, 2.75) is 33.1 Å². The summed E-state index contributed by atoms with van der Waals surface area (Å²) < 4.78 is 6.84. The molecule has 7 nitrogen and oxygen atoms in total. The summed E-state index contributed by atoms with van der Waals surface area (Å²) in [4.78, 5) is 24.0. The van der Waals surface area contributed by atoms with E-state index in [0.717, 1.165) is 11.3 Å². The van der Waals surface area contributed by atoms with Crippen molar-refractivity contribution in [1.29, 1.82) is 0 Å². The highest BCUT2D eigenvalue weighted by molar-refractivity contribution is 5.94. The number of nitrogens with zero attached hydrogens (tertiary/aromatic N) is 2. The van der Waals surface area contributed by atoms with Gasteiger partial charge in [-0.25, -0.2) is 0 Å². The molecule has 0 aliphatic heterocycles. The molecule has 1 heterocycles. The molecule has 7 heteroatoms. The largest absolute Gasteiger partial charge is 0.484 e. The molecular formula is C18H24N4O3. The summed E-state index contributed by atoms with van der Waals surface area (Å²) in [6.07, 6.45) is 0. The van der Waals surface area contributed by atoms with Gasteiger partial charge in [-0.1, -0.05) is 38.5 Å². The van der Waals surface area contributed by atoms with Gasteiger partial charge >= 0.3 is 0 Å². The summed E-state index contributed by atoms with van der Waals surface area (Å²) in [6, 6.07) is 9.06. The van der Waals surface area contributed by atoms with Gasteiger partial charge in [0.05, 0.1) is 5.69 Å². The minimum atomic E-state index is -0.452. The number of hydrazine groups is 1. The van der Waals surface area contributed by atoms with Crippen LogP contribution in [0.2, 0.25) is 0 Å². The SMILES string of the molecule is Cc1ccc(OCC(=O)NNC(=O)c2cc(C(C)(C)C)nn2C)cc1. The molecule has 2 N–H and O–H groups in total. The quantitative estimate of drug-likeness (QED) is 0.829. The van der Waals surface area contributed by atoms with Gasteiger partial charge in [-0.05, 0) is 25.1 Å². The van der Waals surface area contributed by atoms with Gasteiger partial charge in [-0.15, -0.1) is 0 Å². The third kappa shape index (κ3) is 5.07. The number of hydrogen-bond donors (Lipinski definition) is 2. The number of rotatable bonds is 4. The third-order valence-electron chi connectivity index (χ3n) is 3.59. The first-order valence-corrected chi connectivity index (χ1v) is 8.00. The topological polar surface area (TPSA) is 85.2 Å². The number of nitrogens with one attached hydrogen (secondary N) is 2. The Kier molecular flexibility index (Phi) is 5.46. The number of ether oxygens (including phenoxy) is 1. The van der Waals surface area contributed by atoms with Gasteiger partial charge in [0.15, 0.2) is 6.61 Å². The molecular weight excluding hydrogens is 320 g/mol. The zero-order valence-corrected chi connectivity index (χ0v) is 15.2. The van der Waals surface area contributed by atoms with Gasteiger partial charge in [0, 0.05) is 12.5 Å². The summed E-state index contributed by atoms with van der Waals surface area (Å²) in [5, 5.41) is 4.33. The van der Waals surface area contributed by atoms with Crippen molar-refractivity contribution in [3.8, 4) is 5.75 Å². The standard InChI is InChI=1S/C18H24N4O3/c1-12-6-8-13(9-7-12)25-11-16(23)19-20-17(24)14-10-15(18(2,3)4)21-22(14)5/h6-10H,11H2,1-5H3,(H,19,23)(H,20,24). The second kappa shape index (κ2) is 7.38. The molecule has 0 unspecified atom stereocenters. The molecule has 0 saturated carbocycles. The van der Waals surface area contributed by atoms with Crippen molar-refractivity contribution in [1.82, 2.24) is 20.6 Å². The zero-order chi connectivity index (χ0) is 18.6. The van der Waals surface area contributed by atoms with E-state index in [0.29, 0.717) is 11.4 Å². The Morgan fingerprint density at radius 3 is 2.36 bits per heavy atom. The fraction of sp³-hybridized carbons (Fsp3) is 0.389. The van der Waals surface area contributed by atoms with Gasteiger partial charge in [-0.3, -0.25) is 25.1 Å². The number of aromatic nitrogens is 2. The van der Waals surface area contributed by atoms with Crippen LogP contribution in [0.5, 0.6) is 5.75 Å². The molecule has 25 heavy (non-hydrogen) atoms. The number of carbonyl (C=O) groups is 2. The van der Waals surface area contributed by atoms with Crippen molar-refractivity contribution in [2.24, 2.45) is 7.05 Å². The average Bonchev–Trinajstić information content (AvgIpc) is 2.94. The summed E-state index contributed by atoms with van der Waals surface area (Å²) in [6.45, 7) is 7.82. The average molecular weight is 344 g/mol. The number of hydrogen-bond acceptors (Lipinski definition) is 4. The maximum absolute atomic E-state index is 12.2. The lowest BCUT2D eigenvalue weighted by atomic mass is 9.92. The first kappa shape index (κ1) is 18.5. The number of carbonyl (C=O) groups excluding carboxylic acids is 2. The van der Waals surface area contributed by atoms with Crippen LogP contribution < -0.4 is 15.6 Å². The van der Waals surface area contributed by atoms with Crippen LogP contribution in [0.25, 0.3) is 0 Å². The van der Waals surface area contributed by atoms with Crippen LogP contribution >= 0.6 is 0 Å². The normalized spacial score (nSPS) is 11.1. The predicted octanol–water partition coefficient (Wildman–Crippen LogP) is 1.87. The van der Waals surface area contributed by atoms with E-state index in [2.05, 4.69) is 16.0 Å². The summed E-state index contributed by atoms with van der Waals surface area (Å²) in [7, 11) is 1.69. The molecule has 0 fully saturated rings. The van der Waals surface area contributed by atoms with E-state index >= 15 is 0 Å². The van der Waals surface area contributed by atoms with Crippen LogP contribution in [0, 0.1) is 6.92 Å². The molecule has 134 valence electrons. The van der Waals surface area contributed by atoms with Crippen LogP contribution in [0.4, 0.5) is 0 Å². The lowest BCUT2D eigenvalue weighted by Crippen LogP contribution is -2.44. The maximum Gasteiger partial charge on any atom is 0.287 e. The Bertz CT molecular complexity index is 758. The van der Waals surface area contributed by atoms with Crippen molar-refractivity contribution in [2.75, 3.05) is 6.61 Å². The number of benzene rings is 1. The molecule has 0 bridgehead atoms. The zero-order valence-electron chi connectivity index (χ0n) is 15.2. The van der Waals surface area contributed by atoms with Crippen molar-refractivity contribution < 1.29 is 14.3 Å². The predicted molar refractivity (Wildman–Crippen MR) is 94.2 cm³/mol. The maximum atomic E-state index is 12.2. The van der Waals surface area contributed by atoms with Crippen LogP contribution in [0.3, 0.4) is 0 Å². The van der Waals surface area contributed by atoms with E-state index in [1.165, 1.54) is 4.68 Å². The van der Waals surface area contributed by atoms with Gasteiger partial charge in [0.25, 0.3) is 11.8 Å². The van der Waals surface area contributed by atoms with Gasteiger partial charge in [0.2, 0.25) is 0 Å². The van der Waals surface area contributed by atoms with Crippen molar-refractivity contribution >= 4 is 11.8 Å². The third-order valence-corrected chi connectivity index (χ3v) is 3.59. The highest BCUT2D eigenvalue weighted by Gasteiger charge is 2.21. The molecule has 0 aliphatic carbocycles. The minimum absolute atomic E-state index is 0.165. The monoisotopic (exact) mass is 344 g/mol. The first-order valence-electron chi connectivity index (χ1n) is 8.00. The van der Waals surface area contributed by atoms with E-state index < -0.39 is 11.8 Å². The fourth-order valence-corrected chi connectivity index (χ4v) is 2.06. The van der Waals surface area contributed by atoms with E-state index in [9.17, 15) is 9.59 Å². The lowest BCUT2D eigenvalue weighted by Gasteiger charge is -2.13. The molecule has 2 rings (SSSR count). The van der Waals surface area contributed by atoms with Gasteiger partial charge in [-0.2, -0.15) is 5.10 Å². The molecule has 2 aromatic rings. The van der Waals surface area contributed by atoms with E-state index in [1.54, 1.807) is 25.2 Å². The Hall–Kier alpha value is -2.83. The molecule has 1 aromatic heterocycles. The lowest BCUT2D eigenvalue weighted by molar-refractivity contribution is -0.123.